The number of ether oxygens (including phenoxy) is 5. The maximum absolute atomic E-state index is 14.4. The van der Waals surface area contributed by atoms with Crippen molar-refractivity contribution < 1.29 is 42.9 Å². The predicted molar refractivity (Wildman–Crippen MR) is 227 cm³/mol. The molecule has 3 N–H and O–H groups in total. The molecule has 5 aromatic rings. The van der Waals surface area contributed by atoms with Gasteiger partial charge in [0.15, 0.2) is 6.61 Å². The van der Waals surface area contributed by atoms with E-state index in [1.54, 1.807) is 63.2 Å². The van der Waals surface area contributed by atoms with E-state index in [0.717, 1.165) is 27.8 Å². The summed E-state index contributed by atoms with van der Waals surface area (Å²) in [5, 5.41) is 8.65. The largest absolute Gasteiger partial charge is 0.497 e. The second kappa shape index (κ2) is 19.8. The Kier molecular flexibility index (Phi) is 14.1. The lowest BCUT2D eigenvalue weighted by Gasteiger charge is -2.26. The number of hydrogen-bond acceptors (Lipinski definition) is 9. The van der Waals surface area contributed by atoms with Gasteiger partial charge in [-0.25, -0.2) is 4.79 Å². The van der Waals surface area contributed by atoms with Gasteiger partial charge >= 0.3 is 12.1 Å². The first kappa shape index (κ1) is 42.8. The number of methoxy groups -OCH3 is 2. The molecule has 0 spiro atoms. The molecule has 6 rings (SSSR count). The van der Waals surface area contributed by atoms with Gasteiger partial charge in [0.25, 0.3) is 5.91 Å². The second-order valence-electron chi connectivity index (χ2n) is 15.4. The number of fused-ring (bicyclic) bond motifs is 3. The van der Waals surface area contributed by atoms with Gasteiger partial charge in [-0.2, -0.15) is 0 Å². The lowest BCUT2D eigenvalue weighted by Crippen LogP contribution is -2.48. The SMILES string of the molecule is COc1cc(OC)cc(C(NC(=O)[C@H](CCC(=O)OC(C)(C)C)NC(=O)OCC2c3ccccc3-c3ccccc32)c2ccc(OCC(=O)NCc3ccccc3)cc2)c1. The predicted octanol–water partition coefficient (Wildman–Crippen LogP) is 7.63. The van der Waals surface area contributed by atoms with E-state index in [1.165, 1.54) is 14.2 Å². The lowest BCUT2D eigenvalue weighted by atomic mass is 9.97. The first-order valence-electron chi connectivity index (χ1n) is 19.8. The maximum Gasteiger partial charge on any atom is 0.407 e. The number of carbonyl (C=O) groups is 4. The van der Waals surface area contributed by atoms with Crippen molar-refractivity contribution in [3.63, 3.8) is 0 Å². The fourth-order valence-electron chi connectivity index (χ4n) is 7.06. The molecule has 1 aliphatic carbocycles. The number of benzene rings is 5. The summed E-state index contributed by atoms with van der Waals surface area (Å²) in [4.78, 5) is 53.3. The van der Waals surface area contributed by atoms with Crippen LogP contribution in [-0.2, 0) is 30.4 Å². The Bertz CT molecular complexity index is 2200. The van der Waals surface area contributed by atoms with E-state index in [2.05, 4.69) is 16.0 Å². The molecule has 0 aliphatic heterocycles. The zero-order valence-electron chi connectivity index (χ0n) is 34.5. The van der Waals surface area contributed by atoms with E-state index in [9.17, 15) is 19.2 Å². The minimum absolute atomic E-state index is 0.0373. The van der Waals surface area contributed by atoms with E-state index in [-0.39, 0.29) is 37.9 Å². The van der Waals surface area contributed by atoms with Crippen LogP contribution in [0.4, 0.5) is 4.79 Å². The summed E-state index contributed by atoms with van der Waals surface area (Å²) < 4.78 is 28.2. The van der Waals surface area contributed by atoms with E-state index in [0.29, 0.717) is 34.9 Å². The van der Waals surface area contributed by atoms with E-state index < -0.39 is 35.7 Å². The van der Waals surface area contributed by atoms with Gasteiger partial charge in [0.2, 0.25) is 5.91 Å². The number of esters is 1. The van der Waals surface area contributed by atoms with Crippen molar-refractivity contribution in [2.45, 2.75) is 63.8 Å². The van der Waals surface area contributed by atoms with Crippen LogP contribution >= 0.6 is 0 Å². The van der Waals surface area contributed by atoms with Crippen molar-refractivity contribution in [1.82, 2.24) is 16.0 Å². The highest BCUT2D eigenvalue weighted by Crippen LogP contribution is 2.44. The van der Waals surface area contributed by atoms with Gasteiger partial charge in [-0.05, 0) is 90.4 Å². The van der Waals surface area contributed by atoms with Gasteiger partial charge in [-0.1, -0.05) is 91.0 Å². The minimum atomic E-state index is -1.19. The van der Waals surface area contributed by atoms with Crippen molar-refractivity contribution in [3.8, 4) is 28.4 Å². The van der Waals surface area contributed by atoms with Gasteiger partial charge in [0, 0.05) is 24.9 Å². The number of rotatable bonds is 17. The molecule has 60 heavy (non-hydrogen) atoms. The molecule has 312 valence electrons. The molecule has 0 heterocycles. The molecule has 2 atom stereocenters. The first-order chi connectivity index (χ1) is 28.9. The van der Waals surface area contributed by atoms with Gasteiger partial charge in [0.1, 0.15) is 35.5 Å². The normalized spacial score (nSPS) is 12.8. The Balaban J connectivity index is 1.20. The Morgan fingerprint density at radius 3 is 1.88 bits per heavy atom. The van der Waals surface area contributed by atoms with E-state index in [1.807, 2.05) is 78.9 Å². The van der Waals surface area contributed by atoms with E-state index >= 15 is 0 Å². The average molecular weight is 814 g/mol. The van der Waals surface area contributed by atoms with Crippen molar-refractivity contribution in [1.29, 1.82) is 0 Å². The Morgan fingerprint density at radius 1 is 0.683 bits per heavy atom. The summed E-state index contributed by atoms with van der Waals surface area (Å²) in [6, 6.07) is 35.8. The van der Waals surface area contributed by atoms with Crippen LogP contribution in [0.1, 0.15) is 73.4 Å². The summed E-state index contributed by atoms with van der Waals surface area (Å²) in [7, 11) is 3.05. The molecule has 12 nitrogen and oxygen atoms in total. The molecule has 5 aromatic carbocycles. The van der Waals surface area contributed by atoms with Crippen LogP contribution in [0, 0.1) is 0 Å². The van der Waals surface area contributed by atoms with Gasteiger partial charge < -0.3 is 39.6 Å². The Hall–Kier alpha value is -6.82. The molecule has 0 bridgehead atoms. The third-order valence-electron chi connectivity index (χ3n) is 9.92. The third-order valence-corrected chi connectivity index (χ3v) is 9.92. The molecule has 1 aliphatic rings. The quantitative estimate of drug-likeness (QED) is 0.0806. The molecule has 0 saturated heterocycles. The standard InChI is InChI=1S/C48H51N3O9/c1-48(2,3)60-44(53)24-23-42(50-47(55)59-29-41-39-17-11-9-15-37(39)38-16-10-12-18-40(38)41)46(54)51-45(33-25-35(56-4)27-36(26-33)57-5)32-19-21-34(22-20-32)58-30-43(52)49-28-31-13-7-6-8-14-31/h6-22,25-27,41-42,45H,23-24,28-30H2,1-5H3,(H,49,52)(H,50,55)(H,51,54)/t42-,45?/m0/s1. The molecular formula is C48H51N3O9. The van der Waals surface area contributed by atoms with Crippen LogP contribution < -0.4 is 30.2 Å². The average Bonchev–Trinajstić information content (AvgIpc) is 3.57. The molecule has 0 radical (unpaired) electrons. The second-order valence-corrected chi connectivity index (χ2v) is 15.4. The zero-order chi connectivity index (χ0) is 42.6. The van der Waals surface area contributed by atoms with Gasteiger partial charge in [-0.15, -0.1) is 0 Å². The molecule has 0 fully saturated rings. The van der Waals surface area contributed by atoms with Crippen molar-refractivity contribution in [2.75, 3.05) is 27.4 Å². The summed E-state index contributed by atoms with van der Waals surface area (Å²) in [5.41, 5.74) is 5.75. The van der Waals surface area contributed by atoms with E-state index in [4.69, 9.17) is 23.7 Å². The summed E-state index contributed by atoms with van der Waals surface area (Å²) in [6.07, 6.45) is -1.03. The molecule has 0 saturated carbocycles. The number of alkyl carbamates (subject to hydrolysis) is 1. The van der Waals surface area contributed by atoms with Crippen LogP contribution in [0.15, 0.2) is 121 Å². The molecular weight excluding hydrogens is 763 g/mol. The monoisotopic (exact) mass is 813 g/mol. The lowest BCUT2D eigenvalue weighted by molar-refractivity contribution is -0.155. The van der Waals surface area contributed by atoms with Crippen LogP contribution in [-0.4, -0.2) is 63.0 Å². The number of nitrogens with one attached hydrogen (secondary N) is 3. The van der Waals surface area contributed by atoms with Crippen LogP contribution in [0.2, 0.25) is 0 Å². The van der Waals surface area contributed by atoms with Crippen LogP contribution in [0.5, 0.6) is 17.2 Å². The highest BCUT2D eigenvalue weighted by Gasteiger charge is 2.31. The van der Waals surface area contributed by atoms with Gasteiger partial charge in [0.05, 0.1) is 20.3 Å². The summed E-state index contributed by atoms with van der Waals surface area (Å²) in [5.74, 6) is -0.152. The number of carbonyl (C=O) groups excluding carboxylic acids is 4. The minimum Gasteiger partial charge on any atom is -0.497 e. The van der Waals surface area contributed by atoms with Gasteiger partial charge in [-0.3, -0.25) is 14.4 Å². The van der Waals surface area contributed by atoms with Crippen molar-refractivity contribution in [2.24, 2.45) is 0 Å². The number of amides is 3. The molecule has 0 aromatic heterocycles. The summed E-state index contributed by atoms with van der Waals surface area (Å²) in [6.45, 7) is 5.49. The van der Waals surface area contributed by atoms with Crippen molar-refractivity contribution in [3.05, 3.63) is 149 Å². The Morgan fingerprint density at radius 2 is 1.28 bits per heavy atom. The van der Waals surface area contributed by atoms with Crippen LogP contribution in [0.25, 0.3) is 11.1 Å². The maximum atomic E-state index is 14.4. The zero-order valence-corrected chi connectivity index (χ0v) is 34.5. The fourth-order valence-corrected chi connectivity index (χ4v) is 7.06. The molecule has 12 heteroatoms. The first-order valence-corrected chi connectivity index (χ1v) is 19.8. The fraction of sp³-hybridized carbons (Fsp3) is 0.292. The van der Waals surface area contributed by atoms with Crippen LogP contribution in [0.3, 0.4) is 0 Å². The topological polar surface area (TPSA) is 151 Å². The highest BCUT2D eigenvalue weighted by atomic mass is 16.6. The Labute approximate surface area is 350 Å². The molecule has 1 unspecified atom stereocenters. The summed E-state index contributed by atoms with van der Waals surface area (Å²) >= 11 is 0. The number of hydrogen-bond donors (Lipinski definition) is 3. The van der Waals surface area contributed by atoms with Crippen molar-refractivity contribution >= 4 is 23.9 Å². The highest BCUT2D eigenvalue weighted by molar-refractivity contribution is 5.87. The third kappa shape index (κ3) is 11.4. The molecule has 3 amide bonds. The smallest absolute Gasteiger partial charge is 0.407 e.